The molecule has 0 bridgehead atoms. The summed E-state index contributed by atoms with van der Waals surface area (Å²) in [4.78, 5) is 4.58. The van der Waals surface area contributed by atoms with Gasteiger partial charge in [0.2, 0.25) is 0 Å². The van der Waals surface area contributed by atoms with Crippen LogP contribution in [0, 0.1) is 5.92 Å². The Labute approximate surface area is 118 Å². The molecule has 0 saturated carbocycles. The Hall–Kier alpha value is -1.33. The molecule has 0 fully saturated rings. The molecule has 104 valence electrons. The van der Waals surface area contributed by atoms with Crippen molar-refractivity contribution in [1.82, 2.24) is 4.98 Å². The molecule has 5 heteroatoms. The van der Waals surface area contributed by atoms with Gasteiger partial charge in [-0.2, -0.15) is 0 Å². The molecular formula is C14H21N3OS. The zero-order chi connectivity index (χ0) is 13.8. The molecule has 0 aliphatic carbocycles. The zero-order valence-electron chi connectivity index (χ0n) is 11.6. The Kier molecular flexibility index (Phi) is 4.61. The highest BCUT2D eigenvalue weighted by Crippen LogP contribution is 2.28. The summed E-state index contributed by atoms with van der Waals surface area (Å²) in [7, 11) is 0. The summed E-state index contributed by atoms with van der Waals surface area (Å²) >= 11 is 1.63. The number of aromatic nitrogens is 1. The van der Waals surface area contributed by atoms with Crippen molar-refractivity contribution < 1.29 is 4.74 Å². The summed E-state index contributed by atoms with van der Waals surface area (Å²) in [6, 6.07) is 6.08. The first-order valence-electron chi connectivity index (χ1n) is 6.60. The summed E-state index contributed by atoms with van der Waals surface area (Å²) in [5.74, 6) is 0.489. The number of benzene rings is 1. The van der Waals surface area contributed by atoms with Crippen LogP contribution >= 0.6 is 11.3 Å². The number of nitrogen functional groups attached to an aromatic ring is 1. The van der Waals surface area contributed by atoms with Gasteiger partial charge in [-0.3, -0.25) is 0 Å². The molecule has 19 heavy (non-hydrogen) atoms. The van der Waals surface area contributed by atoms with E-state index >= 15 is 0 Å². The van der Waals surface area contributed by atoms with E-state index in [9.17, 15) is 0 Å². The smallest absolute Gasteiger partial charge is 0.184 e. The molecule has 0 aliphatic rings. The molecular weight excluding hydrogens is 258 g/mol. The summed E-state index contributed by atoms with van der Waals surface area (Å²) in [5, 5.41) is 4.39. The molecule has 0 aliphatic heterocycles. The van der Waals surface area contributed by atoms with E-state index in [0.29, 0.717) is 12.5 Å². The number of nitrogens with one attached hydrogen (secondary N) is 1. The van der Waals surface area contributed by atoms with Crippen LogP contribution in [0.1, 0.15) is 20.8 Å². The molecule has 0 radical (unpaired) electrons. The minimum absolute atomic E-state index is 0.276. The second-order valence-electron chi connectivity index (χ2n) is 4.90. The fourth-order valence-corrected chi connectivity index (χ4v) is 2.78. The van der Waals surface area contributed by atoms with Crippen LogP contribution in [0.4, 0.5) is 10.8 Å². The van der Waals surface area contributed by atoms with Crippen molar-refractivity contribution in [3.8, 4) is 0 Å². The van der Waals surface area contributed by atoms with Crippen LogP contribution in [-0.2, 0) is 4.74 Å². The van der Waals surface area contributed by atoms with E-state index in [0.717, 1.165) is 27.6 Å². The highest BCUT2D eigenvalue weighted by Gasteiger charge is 2.15. The Morgan fingerprint density at radius 2 is 2.21 bits per heavy atom. The number of nitrogens with zero attached hydrogens (tertiary/aromatic N) is 1. The van der Waals surface area contributed by atoms with Crippen LogP contribution < -0.4 is 11.1 Å². The van der Waals surface area contributed by atoms with Crippen molar-refractivity contribution in [3.05, 3.63) is 18.2 Å². The minimum atomic E-state index is 0.276. The number of hydrogen-bond acceptors (Lipinski definition) is 5. The Bertz CT molecular complexity index is 538. The lowest BCUT2D eigenvalue weighted by Crippen LogP contribution is -2.30. The fourth-order valence-electron chi connectivity index (χ4n) is 1.81. The molecule has 4 nitrogen and oxygen atoms in total. The summed E-state index contributed by atoms with van der Waals surface area (Å²) in [5.41, 5.74) is 7.55. The van der Waals surface area contributed by atoms with Gasteiger partial charge in [0, 0.05) is 12.3 Å². The topological polar surface area (TPSA) is 60.2 Å². The third-order valence-corrected chi connectivity index (χ3v) is 3.98. The first kappa shape index (κ1) is 14.1. The van der Waals surface area contributed by atoms with Gasteiger partial charge >= 0.3 is 0 Å². The summed E-state index contributed by atoms with van der Waals surface area (Å²) < 4.78 is 6.63. The predicted molar refractivity (Wildman–Crippen MR) is 82.8 cm³/mol. The van der Waals surface area contributed by atoms with Gasteiger partial charge in [-0.05, 0) is 31.0 Å². The summed E-state index contributed by atoms with van der Waals surface area (Å²) in [6.45, 7) is 7.81. The van der Waals surface area contributed by atoms with Gasteiger partial charge in [0.25, 0.3) is 0 Å². The van der Waals surface area contributed by atoms with Crippen molar-refractivity contribution in [1.29, 1.82) is 0 Å². The predicted octanol–water partition coefficient (Wildman–Crippen LogP) is 3.35. The Balaban J connectivity index is 2.14. The lowest BCUT2D eigenvalue weighted by Gasteiger charge is -2.21. The Morgan fingerprint density at radius 3 is 2.89 bits per heavy atom. The molecule has 1 atom stereocenters. The molecule has 0 amide bonds. The highest BCUT2D eigenvalue weighted by atomic mass is 32.1. The van der Waals surface area contributed by atoms with E-state index in [-0.39, 0.29) is 6.04 Å². The number of thiazole rings is 1. The second kappa shape index (κ2) is 6.21. The first-order valence-corrected chi connectivity index (χ1v) is 7.42. The van der Waals surface area contributed by atoms with Gasteiger partial charge in [0.15, 0.2) is 5.13 Å². The van der Waals surface area contributed by atoms with Gasteiger partial charge in [0.05, 0.1) is 22.9 Å². The first-order chi connectivity index (χ1) is 9.10. The lowest BCUT2D eigenvalue weighted by molar-refractivity contribution is 0.127. The van der Waals surface area contributed by atoms with Crippen LogP contribution in [-0.4, -0.2) is 24.2 Å². The van der Waals surface area contributed by atoms with Gasteiger partial charge in [-0.15, -0.1) is 0 Å². The molecule has 2 rings (SSSR count). The van der Waals surface area contributed by atoms with Crippen molar-refractivity contribution in [2.75, 3.05) is 24.3 Å². The molecule has 1 unspecified atom stereocenters. The van der Waals surface area contributed by atoms with Gasteiger partial charge < -0.3 is 15.8 Å². The van der Waals surface area contributed by atoms with Gasteiger partial charge in [-0.1, -0.05) is 25.2 Å². The van der Waals surface area contributed by atoms with E-state index in [2.05, 4.69) is 24.1 Å². The Morgan fingerprint density at radius 1 is 1.42 bits per heavy atom. The van der Waals surface area contributed by atoms with Crippen LogP contribution in [0.15, 0.2) is 18.2 Å². The normalized spacial score (nSPS) is 13.1. The van der Waals surface area contributed by atoms with Crippen molar-refractivity contribution in [2.24, 2.45) is 5.92 Å². The monoisotopic (exact) mass is 279 g/mol. The number of hydrogen-bond donors (Lipinski definition) is 2. The van der Waals surface area contributed by atoms with E-state index in [1.807, 2.05) is 25.1 Å². The standard InChI is InChI=1S/C14H21N3OS/c1-4-18-8-12(9(2)3)17-14-16-11-6-5-10(15)7-13(11)19-14/h5-7,9,12H,4,8,15H2,1-3H3,(H,16,17). The number of ether oxygens (including phenoxy) is 1. The lowest BCUT2D eigenvalue weighted by atomic mass is 10.1. The number of rotatable bonds is 6. The van der Waals surface area contributed by atoms with Crippen LogP contribution in [0.25, 0.3) is 10.2 Å². The molecule has 1 heterocycles. The van der Waals surface area contributed by atoms with Crippen molar-refractivity contribution >= 4 is 32.4 Å². The average Bonchev–Trinajstić information content (AvgIpc) is 2.75. The van der Waals surface area contributed by atoms with E-state index < -0.39 is 0 Å². The maximum atomic E-state index is 5.79. The molecule has 2 aromatic rings. The largest absolute Gasteiger partial charge is 0.399 e. The van der Waals surface area contributed by atoms with Crippen molar-refractivity contribution in [2.45, 2.75) is 26.8 Å². The molecule has 0 spiro atoms. The zero-order valence-corrected chi connectivity index (χ0v) is 12.5. The third kappa shape index (κ3) is 3.58. The number of anilines is 2. The SMILES string of the molecule is CCOCC(Nc1nc2ccc(N)cc2s1)C(C)C. The number of nitrogens with two attached hydrogens (primary N) is 1. The average molecular weight is 279 g/mol. The molecule has 1 aromatic carbocycles. The van der Waals surface area contributed by atoms with Crippen LogP contribution in [0.5, 0.6) is 0 Å². The van der Waals surface area contributed by atoms with Crippen LogP contribution in [0.2, 0.25) is 0 Å². The quantitative estimate of drug-likeness (QED) is 0.796. The van der Waals surface area contributed by atoms with Gasteiger partial charge in [-0.25, -0.2) is 4.98 Å². The molecule has 1 aromatic heterocycles. The van der Waals surface area contributed by atoms with E-state index in [1.165, 1.54) is 0 Å². The van der Waals surface area contributed by atoms with E-state index in [1.54, 1.807) is 11.3 Å². The van der Waals surface area contributed by atoms with Crippen LogP contribution in [0.3, 0.4) is 0 Å². The molecule has 0 saturated heterocycles. The van der Waals surface area contributed by atoms with Gasteiger partial charge in [0.1, 0.15) is 0 Å². The number of fused-ring (bicyclic) bond motifs is 1. The maximum Gasteiger partial charge on any atom is 0.184 e. The fraction of sp³-hybridized carbons (Fsp3) is 0.500. The minimum Gasteiger partial charge on any atom is -0.399 e. The van der Waals surface area contributed by atoms with Crippen molar-refractivity contribution in [3.63, 3.8) is 0 Å². The second-order valence-corrected chi connectivity index (χ2v) is 5.93. The third-order valence-electron chi connectivity index (χ3n) is 3.03. The maximum absolute atomic E-state index is 5.79. The highest BCUT2D eigenvalue weighted by molar-refractivity contribution is 7.22. The summed E-state index contributed by atoms with van der Waals surface area (Å²) in [6.07, 6.45) is 0. The molecule has 3 N–H and O–H groups in total. The van der Waals surface area contributed by atoms with E-state index in [4.69, 9.17) is 10.5 Å².